The normalized spacial score (nSPS) is 16.1. The molecule has 0 fully saturated rings. The number of rotatable bonds is 3. The standard InChI is InChI=1S/C12H15F3/c1-9(8-10(2)12(13,14)15)11-6-4-3-5-7-11/h3-7,9-10H,8H2,1-2H3. The van der Waals surface area contributed by atoms with Gasteiger partial charge >= 0.3 is 6.18 Å². The van der Waals surface area contributed by atoms with Gasteiger partial charge in [-0.15, -0.1) is 0 Å². The summed E-state index contributed by atoms with van der Waals surface area (Å²) in [5.41, 5.74) is 0.966. The van der Waals surface area contributed by atoms with Gasteiger partial charge in [0, 0.05) is 0 Å². The predicted molar refractivity (Wildman–Crippen MR) is 54.7 cm³/mol. The summed E-state index contributed by atoms with van der Waals surface area (Å²) in [4.78, 5) is 0. The second-order valence-electron chi connectivity index (χ2n) is 3.99. The maximum absolute atomic E-state index is 12.3. The van der Waals surface area contributed by atoms with Crippen LogP contribution >= 0.6 is 0 Å². The van der Waals surface area contributed by atoms with E-state index in [2.05, 4.69) is 0 Å². The Morgan fingerprint density at radius 2 is 1.60 bits per heavy atom. The summed E-state index contributed by atoms with van der Waals surface area (Å²) in [5.74, 6) is -1.30. The summed E-state index contributed by atoms with van der Waals surface area (Å²) in [6, 6.07) is 9.30. The summed E-state index contributed by atoms with van der Waals surface area (Å²) in [6.07, 6.45) is -3.93. The fourth-order valence-electron chi connectivity index (χ4n) is 1.58. The Labute approximate surface area is 88.1 Å². The molecular weight excluding hydrogens is 201 g/mol. The summed E-state index contributed by atoms with van der Waals surface area (Å²) >= 11 is 0. The van der Waals surface area contributed by atoms with Crippen molar-refractivity contribution in [2.75, 3.05) is 0 Å². The lowest BCUT2D eigenvalue weighted by molar-refractivity contribution is -0.172. The monoisotopic (exact) mass is 216 g/mol. The third kappa shape index (κ3) is 3.57. The van der Waals surface area contributed by atoms with Crippen LogP contribution < -0.4 is 0 Å². The van der Waals surface area contributed by atoms with E-state index in [-0.39, 0.29) is 12.3 Å². The van der Waals surface area contributed by atoms with Crippen LogP contribution in [0.5, 0.6) is 0 Å². The minimum atomic E-state index is -4.08. The maximum Gasteiger partial charge on any atom is 0.391 e. The summed E-state index contributed by atoms with van der Waals surface area (Å²) < 4.78 is 37.0. The van der Waals surface area contributed by atoms with Crippen molar-refractivity contribution < 1.29 is 13.2 Å². The van der Waals surface area contributed by atoms with Crippen LogP contribution in [0.2, 0.25) is 0 Å². The van der Waals surface area contributed by atoms with Crippen LogP contribution in [0.3, 0.4) is 0 Å². The average Bonchev–Trinajstić information content (AvgIpc) is 2.17. The molecule has 2 unspecified atom stereocenters. The quantitative estimate of drug-likeness (QED) is 0.703. The highest BCUT2D eigenvalue weighted by Gasteiger charge is 2.36. The number of hydrogen-bond donors (Lipinski definition) is 0. The third-order valence-electron chi connectivity index (χ3n) is 2.63. The summed E-state index contributed by atoms with van der Waals surface area (Å²) in [5, 5.41) is 0. The Morgan fingerprint density at radius 1 is 1.07 bits per heavy atom. The van der Waals surface area contributed by atoms with Gasteiger partial charge in [0.05, 0.1) is 5.92 Å². The highest BCUT2D eigenvalue weighted by Crippen LogP contribution is 2.33. The van der Waals surface area contributed by atoms with E-state index in [9.17, 15) is 13.2 Å². The fraction of sp³-hybridized carbons (Fsp3) is 0.500. The molecule has 0 N–H and O–H groups in total. The van der Waals surface area contributed by atoms with Crippen LogP contribution in [0.4, 0.5) is 13.2 Å². The lowest BCUT2D eigenvalue weighted by atomic mass is 9.91. The van der Waals surface area contributed by atoms with Gasteiger partial charge in [-0.1, -0.05) is 44.2 Å². The van der Waals surface area contributed by atoms with E-state index >= 15 is 0 Å². The van der Waals surface area contributed by atoms with Crippen molar-refractivity contribution in [1.29, 1.82) is 0 Å². The van der Waals surface area contributed by atoms with Gasteiger partial charge in [-0.05, 0) is 17.9 Å². The molecule has 0 radical (unpaired) electrons. The Bertz CT molecular complexity index is 289. The summed E-state index contributed by atoms with van der Waals surface area (Å²) in [7, 11) is 0. The Balaban J connectivity index is 2.61. The molecule has 0 aromatic heterocycles. The second kappa shape index (κ2) is 4.69. The van der Waals surface area contributed by atoms with Crippen molar-refractivity contribution in [3.8, 4) is 0 Å². The van der Waals surface area contributed by atoms with Crippen molar-refractivity contribution in [3.05, 3.63) is 35.9 Å². The molecule has 0 saturated heterocycles. The molecule has 0 saturated carbocycles. The molecule has 3 heteroatoms. The first-order chi connectivity index (χ1) is 6.91. The van der Waals surface area contributed by atoms with Crippen LogP contribution in [-0.4, -0.2) is 6.18 Å². The van der Waals surface area contributed by atoms with Gasteiger partial charge in [0.1, 0.15) is 0 Å². The Morgan fingerprint density at radius 3 is 2.07 bits per heavy atom. The third-order valence-corrected chi connectivity index (χ3v) is 2.63. The molecule has 84 valence electrons. The van der Waals surface area contributed by atoms with Gasteiger partial charge in [0.25, 0.3) is 0 Å². The minimum absolute atomic E-state index is 0.0529. The number of benzene rings is 1. The van der Waals surface area contributed by atoms with E-state index < -0.39 is 12.1 Å². The molecule has 0 aliphatic rings. The van der Waals surface area contributed by atoms with E-state index in [4.69, 9.17) is 0 Å². The first kappa shape index (κ1) is 12.1. The molecule has 1 aromatic rings. The molecule has 2 atom stereocenters. The molecular formula is C12H15F3. The first-order valence-corrected chi connectivity index (χ1v) is 5.03. The SMILES string of the molecule is CC(CC(C)C(F)(F)F)c1ccccc1. The van der Waals surface area contributed by atoms with Gasteiger partial charge in [-0.2, -0.15) is 13.2 Å². The number of alkyl halides is 3. The topological polar surface area (TPSA) is 0 Å². The number of halogens is 3. The summed E-state index contributed by atoms with van der Waals surface area (Å²) in [6.45, 7) is 3.07. The molecule has 0 nitrogen and oxygen atoms in total. The highest BCUT2D eigenvalue weighted by molar-refractivity contribution is 5.18. The van der Waals surface area contributed by atoms with Crippen LogP contribution in [0, 0.1) is 5.92 Å². The molecule has 0 aliphatic carbocycles. The van der Waals surface area contributed by atoms with Gasteiger partial charge in [0.2, 0.25) is 0 Å². The molecule has 1 rings (SSSR count). The molecule has 0 aliphatic heterocycles. The van der Waals surface area contributed by atoms with Crippen LogP contribution in [0.15, 0.2) is 30.3 Å². The van der Waals surface area contributed by atoms with Gasteiger partial charge in [0.15, 0.2) is 0 Å². The van der Waals surface area contributed by atoms with E-state index in [0.29, 0.717) is 0 Å². The zero-order valence-corrected chi connectivity index (χ0v) is 8.88. The van der Waals surface area contributed by atoms with E-state index in [0.717, 1.165) is 5.56 Å². The largest absolute Gasteiger partial charge is 0.391 e. The molecule has 15 heavy (non-hydrogen) atoms. The van der Waals surface area contributed by atoms with E-state index in [1.54, 1.807) is 0 Å². The lowest BCUT2D eigenvalue weighted by Crippen LogP contribution is -2.21. The smallest absolute Gasteiger partial charge is 0.171 e. The van der Waals surface area contributed by atoms with Gasteiger partial charge in [-0.25, -0.2) is 0 Å². The van der Waals surface area contributed by atoms with Gasteiger partial charge in [-0.3, -0.25) is 0 Å². The van der Waals surface area contributed by atoms with Crippen molar-refractivity contribution >= 4 is 0 Å². The van der Waals surface area contributed by atoms with E-state index in [1.165, 1.54) is 6.92 Å². The average molecular weight is 216 g/mol. The molecule has 0 bridgehead atoms. The predicted octanol–water partition coefficient (Wildman–Crippen LogP) is 4.38. The zero-order chi connectivity index (χ0) is 11.5. The number of hydrogen-bond acceptors (Lipinski definition) is 0. The highest BCUT2D eigenvalue weighted by atomic mass is 19.4. The van der Waals surface area contributed by atoms with E-state index in [1.807, 2.05) is 37.3 Å². The van der Waals surface area contributed by atoms with Crippen LogP contribution in [-0.2, 0) is 0 Å². The van der Waals surface area contributed by atoms with Crippen molar-refractivity contribution in [3.63, 3.8) is 0 Å². The molecule has 1 aromatic carbocycles. The fourth-order valence-corrected chi connectivity index (χ4v) is 1.58. The first-order valence-electron chi connectivity index (χ1n) is 5.03. The Hall–Kier alpha value is -0.990. The molecule has 0 spiro atoms. The van der Waals surface area contributed by atoms with Crippen molar-refractivity contribution in [2.24, 2.45) is 5.92 Å². The zero-order valence-electron chi connectivity index (χ0n) is 8.88. The van der Waals surface area contributed by atoms with Crippen molar-refractivity contribution in [2.45, 2.75) is 32.4 Å². The second-order valence-corrected chi connectivity index (χ2v) is 3.99. The maximum atomic E-state index is 12.3. The molecule has 0 heterocycles. The van der Waals surface area contributed by atoms with Crippen LogP contribution in [0.1, 0.15) is 31.7 Å². The minimum Gasteiger partial charge on any atom is -0.171 e. The Kier molecular flexibility index (Phi) is 3.77. The van der Waals surface area contributed by atoms with Crippen LogP contribution in [0.25, 0.3) is 0 Å². The lowest BCUT2D eigenvalue weighted by Gasteiger charge is -2.20. The van der Waals surface area contributed by atoms with Crippen molar-refractivity contribution in [1.82, 2.24) is 0 Å². The van der Waals surface area contributed by atoms with Gasteiger partial charge < -0.3 is 0 Å². The molecule has 0 amide bonds.